The first kappa shape index (κ1) is 15.4. The fourth-order valence-electron chi connectivity index (χ4n) is 1.68. The maximum absolute atomic E-state index is 11.2. The Morgan fingerprint density at radius 3 is 2.05 bits per heavy atom. The third-order valence-corrected chi connectivity index (χ3v) is 2.73. The van der Waals surface area contributed by atoms with Gasteiger partial charge >= 0.3 is 0 Å². The Bertz CT molecular complexity index is 653. The SMILES string of the molecule is CCC(=O)Nc1ccc(Nc2ccc(NC(C)=O)cc2)nn1. The molecule has 0 saturated heterocycles. The molecule has 1 aromatic heterocycles. The predicted molar refractivity (Wildman–Crippen MR) is 85.0 cm³/mol. The summed E-state index contributed by atoms with van der Waals surface area (Å²) in [7, 11) is 0. The predicted octanol–water partition coefficient (Wildman–Crippen LogP) is 2.53. The van der Waals surface area contributed by atoms with Crippen molar-refractivity contribution in [1.29, 1.82) is 0 Å². The second-order valence-electron chi connectivity index (χ2n) is 4.59. The van der Waals surface area contributed by atoms with Crippen LogP contribution in [0.5, 0.6) is 0 Å². The average molecular weight is 299 g/mol. The van der Waals surface area contributed by atoms with Crippen molar-refractivity contribution in [2.24, 2.45) is 0 Å². The van der Waals surface area contributed by atoms with E-state index >= 15 is 0 Å². The van der Waals surface area contributed by atoms with Crippen molar-refractivity contribution in [2.75, 3.05) is 16.0 Å². The zero-order chi connectivity index (χ0) is 15.9. The molecule has 2 amide bonds. The second kappa shape index (κ2) is 7.16. The zero-order valence-corrected chi connectivity index (χ0v) is 12.4. The van der Waals surface area contributed by atoms with Crippen molar-refractivity contribution in [3.8, 4) is 0 Å². The summed E-state index contributed by atoms with van der Waals surface area (Å²) in [6.07, 6.45) is 0.391. The van der Waals surface area contributed by atoms with E-state index in [4.69, 9.17) is 0 Å². The first-order chi connectivity index (χ1) is 10.6. The second-order valence-corrected chi connectivity index (χ2v) is 4.59. The number of benzene rings is 1. The molecule has 0 spiro atoms. The Balaban J connectivity index is 1.98. The van der Waals surface area contributed by atoms with E-state index in [-0.39, 0.29) is 11.8 Å². The Kier molecular flexibility index (Phi) is 5.02. The molecule has 0 atom stereocenters. The molecule has 0 aliphatic rings. The summed E-state index contributed by atoms with van der Waals surface area (Å²) in [5.41, 5.74) is 1.54. The molecular formula is C15H17N5O2. The molecule has 1 heterocycles. The molecule has 0 bridgehead atoms. The maximum atomic E-state index is 11.2. The van der Waals surface area contributed by atoms with Crippen LogP contribution in [0.15, 0.2) is 36.4 Å². The number of nitrogens with one attached hydrogen (secondary N) is 3. The summed E-state index contributed by atoms with van der Waals surface area (Å²) in [6, 6.07) is 10.6. The van der Waals surface area contributed by atoms with Crippen LogP contribution in [0.3, 0.4) is 0 Å². The van der Waals surface area contributed by atoms with Gasteiger partial charge in [-0.3, -0.25) is 9.59 Å². The molecule has 1 aromatic carbocycles. The Hall–Kier alpha value is -2.96. The van der Waals surface area contributed by atoms with E-state index in [2.05, 4.69) is 26.1 Å². The van der Waals surface area contributed by atoms with E-state index in [1.165, 1.54) is 6.92 Å². The maximum Gasteiger partial charge on any atom is 0.225 e. The minimum Gasteiger partial charge on any atom is -0.339 e. The van der Waals surface area contributed by atoms with Crippen LogP contribution in [0.1, 0.15) is 20.3 Å². The van der Waals surface area contributed by atoms with Crippen LogP contribution < -0.4 is 16.0 Å². The first-order valence-electron chi connectivity index (χ1n) is 6.85. The van der Waals surface area contributed by atoms with Gasteiger partial charge in [-0.2, -0.15) is 0 Å². The van der Waals surface area contributed by atoms with E-state index in [1.54, 1.807) is 31.2 Å². The van der Waals surface area contributed by atoms with Gasteiger partial charge in [-0.05, 0) is 36.4 Å². The lowest BCUT2D eigenvalue weighted by molar-refractivity contribution is -0.116. The van der Waals surface area contributed by atoms with Crippen LogP contribution in [0.4, 0.5) is 23.0 Å². The molecule has 114 valence electrons. The number of hydrogen-bond acceptors (Lipinski definition) is 5. The lowest BCUT2D eigenvalue weighted by atomic mass is 10.2. The fraction of sp³-hybridized carbons (Fsp3) is 0.200. The van der Waals surface area contributed by atoms with Gasteiger partial charge in [-0.25, -0.2) is 0 Å². The Labute approximate surface area is 128 Å². The molecule has 7 nitrogen and oxygen atoms in total. The summed E-state index contributed by atoms with van der Waals surface area (Å²) in [5, 5.41) is 16.3. The van der Waals surface area contributed by atoms with Crippen molar-refractivity contribution in [1.82, 2.24) is 10.2 Å². The van der Waals surface area contributed by atoms with E-state index < -0.39 is 0 Å². The number of carbonyl (C=O) groups is 2. The third kappa shape index (κ3) is 4.55. The van der Waals surface area contributed by atoms with Crippen molar-refractivity contribution in [2.45, 2.75) is 20.3 Å². The monoisotopic (exact) mass is 299 g/mol. The van der Waals surface area contributed by atoms with Gasteiger partial charge in [0.05, 0.1) is 0 Å². The lowest BCUT2D eigenvalue weighted by Crippen LogP contribution is -2.11. The molecule has 22 heavy (non-hydrogen) atoms. The van der Waals surface area contributed by atoms with Crippen LogP contribution in [0.2, 0.25) is 0 Å². The van der Waals surface area contributed by atoms with E-state index in [0.29, 0.717) is 18.1 Å². The van der Waals surface area contributed by atoms with Gasteiger partial charge in [0.2, 0.25) is 11.8 Å². The van der Waals surface area contributed by atoms with Crippen molar-refractivity contribution < 1.29 is 9.59 Å². The summed E-state index contributed by atoms with van der Waals surface area (Å²) in [4.78, 5) is 22.2. The van der Waals surface area contributed by atoms with E-state index in [9.17, 15) is 9.59 Å². The molecule has 2 rings (SSSR count). The smallest absolute Gasteiger partial charge is 0.225 e. The molecule has 2 aromatic rings. The highest BCUT2D eigenvalue weighted by Crippen LogP contribution is 2.17. The number of rotatable bonds is 5. The van der Waals surface area contributed by atoms with Gasteiger partial charge in [-0.1, -0.05) is 6.92 Å². The van der Waals surface area contributed by atoms with Gasteiger partial charge in [-0.15, -0.1) is 10.2 Å². The normalized spacial score (nSPS) is 9.91. The van der Waals surface area contributed by atoms with E-state index in [0.717, 1.165) is 11.4 Å². The zero-order valence-electron chi connectivity index (χ0n) is 12.4. The molecule has 0 fully saturated rings. The fourth-order valence-corrected chi connectivity index (χ4v) is 1.68. The standard InChI is InChI=1S/C15H17N5O2/c1-3-15(22)18-14-9-8-13(19-20-14)17-12-6-4-11(5-7-12)16-10(2)21/h4-9H,3H2,1-2H3,(H,16,21)(H,17,19)(H,18,20,22). The largest absolute Gasteiger partial charge is 0.339 e. The molecule has 0 aliphatic carbocycles. The molecule has 0 unspecified atom stereocenters. The Morgan fingerprint density at radius 2 is 1.50 bits per heavy atom. The van der Waals surface area contributed by atoms with Crippen LogP contribution >= 0.6 is 0 Å². The number of aromatic nitrogens is 2. The number of hydrogen-bond donors (Lipinski definition) is 3. The third-order valence-electron chi connectivity index (χ3n) is 2.73. The molecule has 0 saturated carbocycles. The van der Waals surface area contributed by atoms with Gasteiger partial charge in [0.15, 0.2) is 11.6 Å². The highest BCUT2D eigenvalue weighted by Gasteiger charge is 2.02. The van der Waals surface area contributed by atoms with Gasteiger partial charge in [0.25, 0.3) is 0 Å². The molecular weight excluding hydrogens is 282 g/mol. The highest BCUT2D eigenvalue weighted by molar-refractivity contribution is 5.89. The topological polar surface area (TPSA) is 96.0 Å². The molecule has 0 aliphatic heterocycles. The molecule has 7 heteroatoms. The minimum atomic E-state index is -0.115. The van der Waals surface area contributed by atoms with Crippen molar-refractivity contribution >= 4 is 34.8 Å². The van der Waals surface area contributed by atoms with Crippen LogP contribution in [0.25, 0.3) is 0 Å². The van der Waals surface area contributed by atoms with Crippen molar-refractivity contribution in [3.05, 3.63) is 36.4 Å². The first-order valence-corrected chi connectivity index (χ1v) is 6.85. The van der Waals surface area contributed by atoms with Gasteiger partial charge in [0, 0.05) is 24.7 Å². The van der Waals surface area contributed by atoms with Crippen LogP contribution in [0, 0.1) is 0 Å². The number of anilines is 4. The van der Waals surface area contributed by atoms with Crippen LogP contribution in [-0.2, 0) is 9.59 Å². The molecule has 0 radical (unpaired) electrons. The van der Waals surface area contributed by atoms with Gasteiger partial charge < -0.3 is 16.0 Å². The quantitative estimate of drug-likeness (QED) is 0.788. The summed E-state index contributed by atoms with van der Waals surface area (Å²) < 4.78 is 0. The average Bonchev–Trinajstić information content (AvgIpc) is 2.50. The minimum absolute atomic E-state index is 0.108. The number of carbonyl (C=O) groups excluding carboxylic acids is 2. The van der Waals surface area contributed by atoms with E-state index in [1.807, 2.05) is 12.1 Å². The van der Waals surface area contributed by atoms with Crippen LogP contribution in [-0.4, -0.2) is 22.0 Å². The Morgan fingerprint density at radius 1 is 0.909 bits per heavy atom. The summed E-state index contributed by atoms with van der Waals surface area (Å²) in [6.45, 7) is 3.23. The van der Waals surface area contributed by atoms with Crippen molar-refractivity contribution in [3.63, 3.8) is 0 Å². The molecule has 3 N–H and O–H groups in total. The van der Waals surface area contributed by atoms with Gasteiger partial charge in [0.1, 0.15) is 0 Å². The highest BCUT2D eigenvalue weighted by atomic mass is 16.2. The summed E-state index contributed by atoms with van der Waals surface area (Å²) in [5.74, 6) is 0.750. The lowest BCUT2D eigenvalue weighted by Gasteiger charge is -2.07. The number of amides is 2. The summed E-state index contributed by atoms with van der Waals surface area (Å²) >= 11 is 0. The number of nitrogens with zero attached hydrogens (tertiary/aromatic N) is 2.